The molecule has 0 aliphatic heterocycles. The zero-order valence-corrected chi connectivity index (χ0v) is 16.8. The number of amides is 1. The molecule has 0 radical (unpaired) electrons. The molecule has 6 nitrogen and oxygen atoms in total. The topological polar surface area (TPSA) is 71.9 Å². The fourth-order valence-electron chi connectivity index (χ4n) is 2.90. The molecule has 4 aromatic rings. The molecular formula is C19H17N5OS2. The number of fused-ring (bicyclic) bond motifs is 1. The van der Waals surface area contributed by atoms with Crippen LogP contribution in [0.3, 0.4) is 0 Å². The van der Waals surface area contributed by atoms with Crippen LogP contribution in [0.25, 0.3) is 10.2 Å². The zero-order valence-electron chi connectivity index (χ0n) is 15.1. The number of hydrogen-bond donors (Lipinski definition) is 0. The first kappa shape index (κ1) is 17.7. The van der Waals surface area contributed by atoms with E-state index in [1.807, 2.05) is 25.1 Å². The number of hydrogen-bond acceptors (Lipinski definition) is 7. The Balaban J connectivity index is 1.81. The van der Waals surface area contributed by atoms with Gasteiger partial charge in [0.1, 0.15) is 4.88 Å². The number of aromatic nitrogens is 4. The molecule has 3 heterocycles. The van der Waals surface area contributed by atoms with E-state index in [1.54, 1.807) is 18.0 Å². The van der Waals surface area contributed by atoms with E-state index in [0.717, 1.165) is 33.0 Å². The summed E-state index contributed by atoms with van der Waals surface area (Å²) in [5.41, 5.74) is 4.64. The Kier molecular flexibility index (Phi) is 4.67. The summed E-state index contributed by atoms with van der Waals surface area (Å²) >= 11 is 2.62. The predicted octanol–water partition coefficient (Wildman–Crippen LogP) is 4.32. The standard InChI is InChI=1S/C19H17N5OS2/c1-11-8-12(2)16-15(9-11)26-19(21-16)24(10-14-6-4-5-7-20-14)18(25)17-13(3)22-23-27-17/h4-9H,10H2,1-3H3. The third kappa shape index (κ3) is 3.45. The molecule has 3 aromatic heterocycles. The van der Waals surface area contributed by atoms with Gasteiger partial charge < -0.3 is 0 Å². The van der Waals surface area contributed by atoms with Crippen molar-refractivity contribution >= 4 is 44.1 Å². The van der Waals surface area contributed by atoms with Crippen molar-refractivity contribution in [1.82, 2.24) is 19.6 Å². The molecule has 1 amide bonds. The lowest BCUT2D eigenvalue weighted by Crippen LogP contribution is -2.30. The van der Waals surface area contributed by atoms with Gasteiger partial charge in [-0.25, -0.2) is 4.98 Å². The Morgan fingerprint density at radius 1 is 1.19 bits per heavy atom. The second-order valence-corrected chi connectivity index (χ2v) is 8.09. The molecule has 0 aliphatic carbocycles. The zero-order chi connectivity index (χ0) is 19.0. The molecule has 1 aromatic carbocycles. The van der Waals surface area contributed by atoms with E-state index in [2.05, 4.69) is 33.6 Å². The van der Waals surface area contributed by atoms with E-state index >= 15 is 0 Å². The molecule has 4 rings (SSSR count). The van der Waals surface area contributed by atoms with Crippen molar-refractivity contribution in [3.05, 3.63) is 63.9 Å². The van der Waals surface area contributed by atoms with Crippen LogP contribution in [0.2, 0.25) is 0 Å². The summed E-state index contributed by atoms with van der Waals surface area (Å²) < 4.78 is 4.98. The maximum absolute atomic E-state index is 13.3. The van der Waals surface area contributed by atoms with Gasteiger partial charge in [0.15, 0.2) is 5.13 Å². The number of carbonyl (C=O) groups is 1. The van der Waals surface area contributed by atoms with E-state index in [1.165, 1.54) is 16.9 Å². The lowest BCUT2D eigenvalue weighted by atomic mass is 10.1. The van der Waals surface area contributed by atoms with Crippen molar-refractivity contribution in [2.45, 2.75) is 27.3 Å². The Morgan fingerprint density at radius 3 is 2.74 bits per heavy atom. The van der Waals surface area contributed by atoms with Gasteiger partial charge in [0.05, 0.1) is 28.1 Å². The average Bonchev–Trinajstić information content (AvgIpc) is 3.26. The average molecular weight is 396 g/mol. The molecule has 0 spiro atoms. The summed E-state index contributed by atoms with van der Waals surface area (Å²) in [6.45, 7) is 6.24. The van der Waals surface area contributed by atoms with Crippen LogP contribution in [0, 0.1) is 20.8 Å². The number of pyridine rings is 1. The van der Waals surface area contributed by atoms with E-state index in [0.29, 0.717) is 22.2 Å². The summed E-state index contributed by atoms with van der Waals surface area (Å²) in [5.74, 6) is -0.151. The molecule has 27 heavy (non-hydrogen) atoms. The molecule has 0 saturated carbocycles. The van der Waals surface area contributed by atoms with Gasteiger partial charge in [-0.2, -0.15) is 0 Å². The number of thiazole rings is 1. The van der Waals surface area contributed by atoms with Crippen molar-refractivity contribution in [2.24, 2.45) is 0 Å². The Morgan fingerprint density at radius 2 is 2.04 bits per heavy atom. The van der Waals surface area contributed by atoms with Crippen LogP contribution >= 0.6 is 22.9 Å². The molecule has 0 atom stereocenters. The van der Waals surface area contributed by atoms with Gasteiger partial charge in [0, 0.05) is 6.20 Å². The normalized spacial score (nSPS) is 11.1. The van der Waals surface area contributed by atoms with Crippen LogP contribution in [-0.4, -0.2) is 25.5 Å². The minimum Gasteiger partial charge on any atom is -0.277 e. The Labute approximate surface area is 164 Å². The summed E-state index contributed by atoms with van der Waals surface area (Å²) in [6.07, 6.45) is 1.73. The molecule has 0 fully saturated rings. The van der Waals surface area contributed by atoms with Gasteiger partial charge in [-0.15, -0.1) is 5.10 Å². The maximum atomic E-state index is 13.3. The van der Waals surface area contributed by atoms with E-state index in [9.17, 15) is 4.79 Å². The minimum atomic E-state index is -0.151. The van der Waals surface area contributed by atoms with Crippen LogP contribution in [-0.2, 0) is 6.54 Å². The van der Waals surface area contributed by atoms with E-state index < -0.39 is 0 Å². The number of carbonyl (C=O) groups excluding carboxylic acids is 1. The summed E-state index contributed by atoms with van der Waals surface area (Å²) in [5, 5.41) is 4.63. The largest absolute Gasteiger partial charge is 0.277 e. The highest BCUT2D eigenvalue weighted by Crippen LogP contribution is 2.33. The summed E-state index contributed by atoms with van der Waals surface area (Å²) in [7, 11) is 0. The highest BCUT2D eigenvalue weighted by molar-refractivity contribution is 7.22. The second-order valence-electron chi connectivity index (χ2n) is 6.32. The van der Waals surface area contributed by atoms with Gasteiger partial charge >= 0.3 is 0 Å². The summed E-state index contributed by atoms with van der Waals surface area (Å²) in [6, 6.07) is 9.88. The number of rotatable bonds is 4. The van der Waals surface area contributed by atoms with Crippen molar-refractivity contribution in [2.75, 3.05) is 4.90 Å². The summed E-state index contributed by atoms with van der Waals surface area (Å²) in [4.78, 5) is 24.6. The molecule has 0 saturated heterocycles. The fourth-order valence-corrected chi connectivity index (χ4v) is 4.65. The SMILES string of the molecule is Cc1cc(C)c2nc(N(Cc3ccccn3)C(=O)c3snnc3C)sc2c1. The molecular weight excluding hydrogens is 378 g/mol. The van der Waals surface area contributed by atoms with Crippen LogP contribution in [0.1, 0.15) is 32.2 Å². The monoisotopic (exact) mass is 395 g/mol. The van der Waals surface area contributed by atoms with Gasteiger partial charge in [-0.05, 0) is 61.6 Å². The lowest BCUT2D eigenvalue weighted by Gasteiger charge is -2.18. The number of nitrogens with zero attached hydrogens (tertiary/aromatic N) is 5. The van der Waals surface area contributed by atoms with Crippen molar-refractivity contribution in [3.63, 3.8) is 0 Å². The van der Waals surface area contributed by atoms with E-state index in [-0.39, 0.29) is 5.91 Å². The molecule has 0 unspecified atom stereocenters. The maximum Gasteiger partial charge on any atom is 0.274 e. The van der Waals surface area contributed by atoms with Crippen molar-refractivity contribution < 1.29 is 4.79 Å². The number of benzene rings is 1. The quantitative estimate of drug-likeness (QED) is 0.515. The van der Waals surface area contributed by atoms with Crippen LogP contribution in [0.4, 0.5) is 5.13 Å². The third-order valence-electron chi connectivity index (χ3n) is 4.19. The second kappa shape index (κ2) is 7.13. The molecule has 8 heteroatoms. The van der Waals surface area contributed by atoms with Gasteiger partial charge in [0.25, 0.3) is 5.91 Å². The van der Waals surface area contributed by atoms with Crippen LogP contribution in [0.15, 0.2) is 36.5 Å². The lowest BCUT2D eigenvalue weighted by molar-refractivity contribution is 0.0988. The first-order valence-corrected chi connectivity index (χ1v) is 10.0. The number of aryl methyl sites for hydroxylation is 3. The minimum absolute atomic E-state index is 0.151. The Bertz CT molecular complexity index is 1120. The smallest absolute Gasteiger partial charge is 0.274 e. The fraction of sp³-hybridized carbons (Fsp3) is 0.211. The van der Waals surface area contributed by atoms with Gasteiger partial charge in [-0.3, -0.25) is 14.7 Å². The first-order chi connectivity index (χ1) is 13.0. The Hall–Kier alpha value is -2.71. The first-order valence-electron chi connectivity index (χ1n) is 8.41. The highest BCUT2D eigenvalue weighted by atomic mass is 32.1. The van der Waals surface area contributed by atoms with Gasteiger partial charge in [0.2, 0.25) is 0 Å². The molecule has 136 valence electrons. The molecule has 0 aliphatic rings. The van der Waals surface area contributed by atoms with Crippen molar-refractivity contribution in [3.8, 4) is 0 Å². The van der Waals surface area contributed by atoms with E-state index in [4.69, 9.17) is 4.98 Å². The molecule has 0 bridgehead atoms. The highest BCUT2D eigenvalue weighted by Gasteiger charge is 2.25. The number of anilines is 1. The predicted molar refractivity (Wildman–Crippen MR) is 108 cm³/mol. The van der Waals surface area contributed by atoms with Crippen molar-refractivity contribution in [1.29, 1.82) is 0 Å². The third-order valence-corrected chi connectivity index (χ3v) is 6.03. The van der Waals surface area contributed by atoms with Crippen LogP contribution < -0.4 is 4.90 Å². The van der Waals surface area contributed by atoms with Crippen LogP contribution in [0.5, 0.6) is 0 Å². The molecule has 0 N–H and O–H groups in total. The van der Waals surface area contributed by atoms with Gasteiger partial charge in [-0.1, -0.05) is 28.0 Å².